The van der Waals surface area contributed by atoms with E-state index in [0.717, 1.165) is 18.4 Å². The van der Waals surface area contributed by atoms with Crippen molar-refractivity contribution < 1.29 is 14.3 Å². The van der Waals surface area contributed by atoms with Gasteiger partial charge in [-0.05, 0) is 37.5 Å². The van der Waals surface area contributed by atoms with Crippen LogP contribution in [0.15, 0.2) is 18.2 Å². The predicted molar refractivity (Wildman–Crippen MR) is 66.9 cm³/mol. The molecule has 0 saturated heterocycles. The fourth-order valence-electron chi connectivity index (χ4n) is 2.35. The molecule has 1 aromatic carbocycles. The fraction of sp³-hybridized carbons (Fsp3) is 0.500. The topological polar surface area (TPSA) is 49.3 Å². The molecule has 0 aromatic heterocycles. The zero-order chi connectivity index (χ0) is 13.2. The highest BCUT2D eigenvalue weighted by atomic mass is 19.1. The maximum atomic E-state index is 13.6. The molecule has 0 unspecified atom stereocenters. The first-order valence-corrected chi connectivity index (χ1v) is 6.27. The molecular weight excluding hydrogens is 233 g/mol. The molecule has 0 aliphatic heterocycles. The molecule has 1 amide bonds. The van der Waals surface area contributed by atoms with Crippen molar-refractivity contribution >= 4 is 5.91 Å². The Morgan fingerprint density at radius 1 is 1.44 bits per heavy atom. The lowest BCUT2D eigenvalue weighted by atomic mass is 10.0. The van der Waals surface area contributed by atoms with Crippen molar-refractivity contribution in [1.82, 2.24) is 5.32 Å². The molecule has 3 nitrogen and oxygen atoms in total. The van der Waals surface area contributed by atoms with Crippen LogP contribution in [0, 0.1) is 12.7 Å². The van der Waals surface area contributed by atoms with Crippen LogP contribution in [0.1, 0.15) is 41.6 Å². The fourth-order valence-corrected chi connectivity index (χ4v) is 2.35. The largest absolute Gasteiger partial charge is 0.388 e. The second-order valence-corrected chi connectivity index (χ2v) is 5.10. The van der Waals surface area contributed by atoms with E-state index in [4.69, 9.17) is 0 Å². The zero-order valence-corrected chi connectivity index (χ0v) is 10.5. The predicted octanol–water partition coefficient (Wildman–Crippen LogP) is 2.17. The van der Waals surface area contributed by atoms with E-state index in [9.17, 15) is 14.3 Å². The van der Waals surface area contributed by atoms with E-state index < -0.39 is 17.3 Å². The molecule has 18 heavy (non-hydrogen) atoms. The maximum absolute atomic E-state index is 13.6. The van der Waals surface area contributed by atoms with Crippen LogP contribution in [0.2, 0.25) is 0 Å². The molecule has 1 saturated carbocycles. The smallest absolute Gasteiger partial charge is 0.254 e. The van der Waals surface area contributed by atoms with Gasteiger partial charge < -0.3 is 10.4 Å². The summed E-state index contributed by atoms with van der Waals surface area (Å²) in [5.74, 6) is -0.987. The Kier molecular flexibility index (Phi) is 3.66. The number of halogens is 1. The number of amides is 1. The molecular formula is C14H18FNO2. The van der Waals surface area contributed by atoms with E-state index in [1.54, 1.807) is 13.0 Å². The van der Waals surface area contributed by atoms with Crippen LogP contribution in [-0.2, 0) is 0 Å². The third kappa shape index (κ3) is 2.88. The summed E-state index contributed by atoms with van der Waals surface area (Å²) in [6.07, 6.45) is 3.35. The van der Waals surface area contributed by atoms with Crippen LogP contribution in [0.5, 0.6) is 0 Å². The van der Waals surface area contributed by atoms with Crippen molar-refractivity contribution in [2.24, 2.45) is 0 Å². The van der Waals surface area contributed by atoms with Crippen LogP contribution in [0.25, 0.3) is 0 Å². The Labute approximate surface area is 106 Å². The normalized spacial score (nSPS) is 17.7. The second kappa shape index (κ2) is 5.06. The highest BCUT2D eigenvalue weighted by Crippen LogP contribution is 2.28. The van der Waals surface area contributed by atoms with Gasteiger partial charge in [-0.2, -0.15) is 0 Å². The summed E-state index contributed by atoms with van der Waals surface area (Å²) in [5, 5.41) is 12.7. The zero-order valence-electron chi connectivity index (χ0n) is 10.5. The summed E-state index contributed by atoms with van der Waals surface area (Å²) in [5.41, 5.74) is -0.00252. The van der Waals surface area contributed by atoms with Crippen molar-refractivity contribution in [3.63, 3.8) is 0 Å². The molecule has 1 fully saturated rings. The van der Waals surface area contributed by atoms with Crippen molar-refractivity contribution in [3.8, 4) is 0 Å². The minimum Gasteiger partial charge on any atom is -0.388 e. The molecule has 2 N–H and O–H groups in total. The number of carbonyl (C=O) groups excluding carboxylic acids is 1. The van der Waals surface area contributed by atoms with Crippen LogP contribution in [0.4, 0.5) is 4.39 Å². The Bertz CT molecular complexity index is 453. The average Bonchev–Trinajstić information content (AvgIpc) is 2.74. The third-order valence-electron chi connectivity index (χ3n) is 3.48. The molecule has 0 spiro atoms. The third-order valence-corrected chi connectivity index (χ3v) is 3.48. The van der Waals surface area contributed by atoms with Crippen molar-refractivity contribution in [2.45, 2.75) is 38.2 Å². The molecule has 98 valence electrons. The first-order chi connectivity index (χ1) is 8.50. The van der Waals surface area contributed by atoms with Gasteiger partial charge in [0.2, 0.25) is 0 Å². The molecule has 1 aliphatic carbocycles. The van der Waals surface area contributed by atoms with Crippen molar-refractivity contribution in [1.29, 1.82) is 0 Å². The first-order valence-electron chi connectivity index (χ1n) is 6.27. The first kappa shape index (κ1) is 13.0. The lowest BCUT2D eigenvalue weighted by Crippen LogP contribution is -2.41. The molecule has 0 bridgehead atoms. The number of hydrogen-bond acceptors (Lipinski definition) is 2. The van der Waals surface area contributed by atoms with E-state index in [1.807, 2.05) is 0 Å². The van der Waals surface area contributed by atoms with Gasteiger partial charge in [-0.15, -0.1) is 0 Å². The highest BCUT2D eigenvalue weighted by Gasteiger charge is 2.31. The van der Waals surface area contributed by atoms with Gasteiger partial charge in [-0.3, -0.25) is 4.79 Å². The van der Waals surface area contributed by atoms with Gasteiger partial charge in [0.25, 0.3) is 5.91 Å². The number of nitrogens with one attached hydrogen (secondary N) is 1. The molecule has 0 heterocycles. The minimum absolute atomic E-state index is 0.0298. The Morgan fingerprint density at radius 3 is 2.72 bits per heavy atom. The summed E-state index contributed by atoms with van der Waals surface area (Å²) in [4.78, 5) is 11.8. The van der Waals surface area contributed by atoms with Gasteiger partial charge in [-0.25, -0.2) is 4.39 Å². The molecule has 4 heteroatoms. The van der Waals surface area contributed by atoms with Gasteiger partial charge >= 0.3 is 0 Å². The summed E-state index contributed by atoms with van der Waals surface area (Å²) >= 11 is 0. The van der Waals surface area contributed by atoms with Crippen LogP contribution in [0.3, 0.4) is 0 Å². The molecule has 2 rings (SSSR count). The van der Waals surface area contributed by atoms with Gasteiger partial charge in [-0.1, -0.05) is 18.9 Å². The van der Waals surface area contributed by atoms with E-state index in [0.29, 0.717) is 12.8 Å². The number of rotatable bonds is 3. The van der Waals surface area contributed by atoms with E-state index in [2.05, 4.69) is 5.32 Å². The molecule has 0 atom stereocenters. The number of aryl methyl sites for hydroxylation is 1. The van der Waals surface area contributed by atoms with E-state index >= 15 is 0 Å². The average molecular weight is 251 g/mol. The van der Waals surface area contributed by atoms with Gasteiger partial charge in [0.05, 0.1) is 11.2 Å². The van der Waals surface area contributed by atoms with Crippen LogP contribution < -0.4 is 5.32 Å². The molecule has 0 radical (unpaired) electrons. The summed E-state index contributed by atoms with van der Waals surface area (Å²) in [7, 11) is 0. The standard InChI is InChI=1S/C14H18FNO2/c1-10-4-5-11(12(15)8-10)13(17)16-9-14(18)6-2-3-7-14/h4-5,8,18H,2-3,6-7,9H2,1H3,(H,16,17). The SMILES string of the molecule is Cc1ccc(C(=O)NCC2(O)CCCC2)c(F)c1. The summed E-state index contributed by atoms with van der Waals surface area (Å²) in [6.45, 7) is 1.96. The number of benzene rings is 1. The number of hydrogen-bond donors (Lipinski definition) is 2. The quantitative estimate of drug-likeness (QED) is 0.865. The van der Waals surface area contributed by atoms with E-state index in [-0.39, 0.29) is 12.1 Å². The lowest BCUT2D eigenvalue weighted by Gasteiger charge is -2.22. The molecule has 1 aliphatic rings. The summed E-state index contributed by atoms with van der Waals surface area (Å²) in [6, 6.07) is 4.50. The molecule has 1 aromatic rings. The maximum Gasteiger partial charge on any atom is 0.254 e. The van der Waals surface area contributed by atoms with E-state index in [1.165, 1.54) is 12.1 Å². The van der Waals surface area contributed by atoms with Crippen molar-refractivity contribution in [3.05, 3.63) is 35.1 Å². The van der Waals surface area contributed by atoms with Crippen LogP contribution in [-0.4, -0.2) is 23.2 Å². The monoisotopic (exact) mass is 251 g/mol. The van der Waals surface area contributed by atoms with Gasteiger partial charge in [0.1, 0.15) is 5.82 Å². The van der Waals surface area contributed by atoms with Gasteiger partial charge in [0, 0.05) is 6.54 Å². The lowest BCUT2D eigenvalue weighted by molar-refractivity contribution is 0.0448. The minimum atomic E-state index is -0.809. The Balaban J connectivity index is 1.99. The van der Waals surface area contributed by atoms with Crippen LogP contribution >= 0.6 is 0 Å². The highest BCUT2D eigenvalue weighted by molar-refractivity contribution is 5.94. The van der Waals surface area contributed by atoms with Gasteiger partial charge in [0.15, 0.2) is 0 Å². The number of aliphatic hydroxyl groups is 1. The number of carbonyl (C=O) groups is 1. The summed E-state index contributed by atoms with van der Waals surface area (Å²) < 4.78 is 13.6. The van der Waals surface area contributed by atoms with Crippen molar-refractivity contribution in [2.75, 3.05) is 6.54 Å². The Morgan fingerprint density at radius 2 is 2.11 bits per heavy atom. The second-order valence-electron chi connectivity index (χ2n) is 5.10. The Hall–Kier alpha value is -1.42.